The number of nitrogens with one attached hydrogen (secondary N) is 4. The van der Waals surface area contributed by atoms with E-state index < -0.39 is 39.7 Å². The first-order chi connectivity index (χ1) is 55.8. The van der Waals surface area contributed by atoms with Crippen LogP contribution in [0.15, 0.2) is 333 Å². The number of carbonyl (C=O) groups excluding carboxylic acids is 4. The van der Waals surface area contributed by atoms with E-state index in [9.17, 15) is 19.2 Å². The number of carbonyl (C=O) groups is 4. The number of H-pyrrole nitrogens is 2. The van der Waals surface area contributed by atoms with E-state index >= 15 is 0 Å². The molecule has 6 heterocycles. The molecule has 2 atom stereocenters. The Hall–Kier alpha value is -12.0. The number of aromatic amines is 2. The van der Waals surface area contributed by atoms with Crippen LogP contribution < -0.4 is 61.7 Å². The molecule has 0 fully saturated rings. The minimum atomic E-state index is -0.905. The van der Waals surface area contributed by atoms with Crippen LogP contribution in [-0.4, -0.2) is 103 Å². The number of ether oxygens (including phenoxy) is 2. The molecular formula is C91H79BrCl2N12O6P2Pd. The Morgan fingerprint density at radius 2 is 0.783 bits per heavy atom. The van der Waals surface area contributed by atoms with Crippen molar-refractivity contribution in [3.8, 4) is 35.7 Å². The van der Waals surface area contributed by atoms with Crippen molar-refractivity contribution >= 4 is 118 Å². The normalized spacial score (nSPS) is 12.9. The van der Waals surface area contributed by atoms with Crippen LogP contribution in [0.3, 0.4) is 0 Å². The molecule has 4 aromatic heterocycles. The summed E-state index contributed by atoms with van der Waals surface area (Å²) in [4.78, 5) is 70.5. The molecule has 4 N–H and O–H groups in total. The molecule has 2 aliphatic rings. The van der Waals surface area contributed by atoms with Gasteiger partial charge in [-0.05, 0) is 119 Å². The van der Waals surface area contributed by atoms with Crippen molar-refractivity contribution in [3.63, 3.8) is 0 Å². The summed E-state index contributed by atoms with van der Waals surface area (Å²) in [6.07, 6.45) is 12.8. The predicted octanol–water partition coefficient (Wildman–Crippen LogP) is 14.6. The Bertz CT molecular complexity index is 5180. The Balaban J connectivity index is 0.000000159. The van der Waals surface area contributed by atoms with E-state index in [1.165, 1.54) is 41.6 Å². The minimum absolute atomic E-state index is 0. The summed E-state index contributed by atoms with van der Waals surface area (Å²) in [5, 5.41) is 27.3. The van der Waals surface area contributed by atoms with Crippen molar-refractivity contribution in [2.45, 2.75) is 32.4 Å². The number of anilines is 2. The third-order valence-electron chi connectivity index (χ3n) is 17.1. The van der Waals surface area contributed by atoms with E-state index in [4.69, 9.17) is 35.0 Å². The summed E-state index contributed by atoms with van der Waals surface area (Å²) < 4.78 is 12.4. The summed E-state index contributed by atoms with van der Waals surface area (Å²) in [6, 6.07) is 100. The first-order valence-corrected chi connectivity index (χ1v) is 43.1. The predicted molar refractivity (Wildman–Crippen MR) is 463 cm³/mol. The monoisotopic (exact) mass is 1750 g/mol. The van der Waals surface area contributed by atoms with Crippen LogP contribution in [0.5, 0.6) is 11.5 Å². The molecule has 0 saturated heterocycles. The first kappa shape index (κ1) is 85.4. The fourth-order valence-electron chi connectivity index (χ4n) is 11.6. The average molecular weight is 1760 g/mol. The zero-order valence-corrected chi connectivity index (χ0v) is 68.1. The Labute approximate surface area is 696 Å². The molecule has 4 amide bonds. The van der Waals surface area contributed by atoms with E-state index in [1.54, 1.807) is 75.3 Å². The maximum atomic E-state index is 13.2. The molecule has 0 unspecified atom stereocenters. The number of likely N-dealkylation sites (N-methyl/N-ethyl adjacent to an activating group) is 2. The van der Waals surface area contributed by atoms with E-state index in [2.05, 4.69) is 267 Å². The number of terminal acetylenes is 1. The molecule has 0 radical (unpaired) electrons. The Morgan fingerprint density at radius 1 is 0.470 bits per heavy atom. The fraction of sp³-hybridized carbons (Fsp3) is 0.0989. The van der Waals surface area contributed by atoms with Crippen LogP contribution in [0.25, 0.3) is 0 Å². The molecule has 16 rings (SSSR count). The molecule has 0 bridgehead atoms. The van der Waals surface area contributed by atoms with Crippen LogP contribution in [0, 0.1) is 24.2 Å². The third kappa shape index (κ3) is 25.2. The number of aromatic nitrogens is 8. The SMILES string of the molecule is C.C#Cc1ccncc1.CN1C(=O)[C@@H](NC(=O)c2n[nH]c(Cc3ccccc3)n2)COc2ccc(Br)cc21.CN1C(=O)[C@@H](NC(=O)c2n[nH]c(Cc3ccccc3)n2)COc2ccc(C#Cc3ccncc3)cc21.[Cl][Pd][Cl].c1ccc(P(c2ccccc2)c2ccccc2)cc1.c1ccc(P(c2ccccc2)c2ccccc2)cc1. The van der Waals surface area contributed by atoms with Crippen molar-refractivity contribution in [3.05, 3.63) is 384 Å². The second kappa shape index (κ2) is 45.0. The molecule has 2 aliphatic heterocycles. The molecule has 18 nitrogen and oxygen atoms in total. The van der Waals surface area contributed by atoms with Crippen LogP contribution in [0.4, 0.5) is 11.4 Å². The van der Waals surface area contributed by atoms with Gasteiger partial charge in [0.1, 0.15) is 48.4 Å². The molecule has 24 heteroatoms. The average Bonchev–Trinajstić information content (AvgIpc) is 1.75. The van der Waals surface area contributed by atoms with Crippen LogP contribution in [-0.2, 0) is 38.4 Å². The van der Waals surface area contributed by atoms with Gasteiger partial charge < -0.3 is 29.9 Å². The maximum Gasteiger partial charge on any atom is -0.0134 e. The van der Waals surface area contributed by atoms with Crippen molar-refractivity contribution in [1.29, 1.82) is 0 Å². The number of pyridine rings is 2. The van der Waals surface area contributed by atoms with E-state index in [0.717, 1.165) is 32.3 Å². The van der Waals surface area contributed by atoms with Gasteiger partial charge in [-0.2, -0.15) is 0 Å². The molecular weight excluding hydrogens is 1680 g/mol. The van der Waals surface area contributed by atoms with Gasteiger partial charge in [0.05, 0.1) is 11.4 Å². The number of halogens is 3. The number of nitrogens with zero attached hydrogens (tertiary/aromatic N) is 8. The number of rotatable bonds is 14. The summed E-state index contributed by atoms with van der Waals surface area (Å²) in [7, 11) is 12.0. The third-order valence-corrected chi connectivity index (χ3v) is 22.5. The van der Waals surface area contributed by atoms with Gasteiger partial charge in [-0.1, -0.05) is 284 Å². The quantitative estimate of drug-likeness (QED) is 0.0453. The van der Waals surface area contributed by atoms with Gasteiger partial charge in [0.15, 0.2) is 0 Å². The summed E-state index contributed by atoms with van der Waals surface area (Å²) in [6.45, 7) is -0.00388. The number of amides is 4. The second-order valence-electron chi connectivity index (χ2n) is 24.9. The zero-order valence-electron chi connectivity index (χ0n) is 61.6. The van der Waals surface area contributed by atoms with E-state index in [0.29, 0.717) is 47.4 Å². The first-order valence-electron chi connectivity index (χ1n) is 35.6. The minimum Gasteiger partial charge on any atom is -0.0622 e. The van der Waals surface area contributed by atoms with Crippen molar-refractivity contribution < 1.29 is 44.6 Å². The Kier molecular flexibility index (Phi) is 33.4. The molecule has 580 valence electrons. The number of benzene rings is 10. The van der Waals surface area contributed by atoms with Gasteiger partial charge in [0, 0.05) is 72.9 Å². The van der Waals surface area contributed by atoms with Crippen LogP contribution >= 0.6 is 50.8 Å². The van der Waals surface area contributed by atoms with Crippen molar-refractivity contribution in [2.75, 3.05) is 37.1 Å². The molecule has 0 spiro atoms. The number of hydrogen-bond acceptors (Lipinski definition) is 12. The van der Waals surface area contributed by atoms with Gasteiger partial charge in [-0.15, -0.1) is 16.6 Å². The van der Waals surface area contributed by atoms with Crippen molar-refractivity contribution in [1.82, 2.24) is 51.0 Å². The van der Waals surface area contributed by atoms with Crippen LogP contribution in [0.2, 0.25) is 0 Å². The topological polar surface area (TPSA) is 226 Å². The van der Waals surface area contributed by atoms with Gasteiger partial charge in [0.2, 0.25) is 11.6 Å². The summed E-state index contributed by atoms with van der Waals surface area (Å²) in [5.41, 5.74) is 5.72. The Morgan fingerprint density at radius 3 is 1.12 bits per heavy atom. The van der Waals surface area contributed by atoms with Gasteiger partial charge in [0.25, 0.3) is 23.6 Å². The molecule has 0 aliphatic carbocycles. The molecule has 0 saturated carbocycles. The zero-order chi connectivity index (χ0) is 79.6. The molecule has 14 aromatic rings. The summed E-state index contributed by atoms with van der Waals surface area (Å²) in [5.74, 6) is 9.12. The number of hydrogen-bond donors (Lipinski definition) is 4. The van der Waals surface area contributed by atoms with Crippen molar-refractivity contribution in [2.24, 2.45) is 0 Å². The van der Waals surface area contributed by atoms with E-state index in [-0.39, 0.29) is 60.0 Å². The number of fused-ring (bicyclic) bond motifs is 2. The van der Waals surface area contributed by atoms with Gasteiger partial charge in [-0.3, -0.25) is 39.3 Å². The largest absolute Gasteiger partial charge is 0.0622 e. The fourth-order valence-corrected chi connectivity index (χ4v) is 16.6. The summed E-state index contributed by atoms with van der Waals surface area (Å²) >= 11 is 3.29. The molecule has 10 aromatic carbocycles. The van der Waals surface area contributed by atoms with Crippen LogP contribution in [0.1, 0.15) is 68.1 Å². The smallest absolute Gasteiger partial charge is 0.0134 e. The second-order valence-corrected chi connectivity index (χ2v) is 32.6. The van der Waals surface area contributed by atoms with Gasteiger partial charge in [-0.25, -0.2) is 9.97 Å². The maximum absolute atomic E-state index is 13.2. The van der Waals surface area contributed by atoms with E-state index in [1.807, 2.05) is 84.9 Å². The standard InChI is InChI=1S/C27H22N6O3.C20H18BrN5O3.2C18H15P.C7H5N.CH4.2ClH.Pd/c1-33-22-15-20(8-7-18-11-13-28-14-12-18)9-10-23(22)36-17-21(27(33)35)29-26(34)25-30-24(31-32-25)16-19-5-3-2-4-6-19;1-26-15-10-13(21)7-8-16(15)29-11-14(20(26)28)22-19(27)18-23-17(24-25-18)9-12-5-3-2-4-6-12;2*1-4-10-16(11-5-1)19(17-12-6-2-7-13-17)18-14-8-3-9-15-18;1-2-7-3-5-8-6-4-7;;;;/h2-6,9-15,21H,16-17H2,1H3,(H,29,34)(H,30,31,32);2-8,10,14H,9,11H2,1H3,(H,22,27)(H,23,24,25);2*1-15H;1,3-6H;1H4;2*1H;/q;;;;;;;;+2/p-2/t21-;14-;;;;;;;/m00......./s1. The van der Waals surface area contributed by atoms with Gasteiger partial charge >= 0.3 is 35.0 Å². The molecule has 115 heavy (non-hydrogen) atoms.